The molecule has 2 fully saturated rings. The number of nitrogens with zero attached hydrogens (tertiary/aromatic N) is 2. The van der Waals surface area contributed by atoms with E-state index in [1.807, 2.05) is 4.90 Å². The average Bonchev–Trinajstić information content (AvgIpc) is 2.64. The maximum atomic E-state index is 12.7. The summed E-state index contributed by atoms with van der Waals surface area (Å²) in [5.74, 6) is 0.114. The van der Waals surface area contributed by atoms with Crippen molar-refractivity contribution in [3.05, 3.63) is 34.3 Å². The summed E-state index contributed by atoms with van der Waals surface area (Å²) in [6, 6.07) is 8.43. The smallest absolute Gasteiger partial charge is 0.225 e. The molecule has 0 spiro atoms. The number of rotatable bonds is 4. The molecule has 6 heteroatoms. The molecule has 2 heterocycles. The van der Waals surface area contributed by atoms with Gasteiger partial charge >= 0.3 is 0 Å². The van der Waals surface area contributed by atoms with E-state index in [1.54, 1.807) is 0 Å². The summed E-state index contributed by atoms with van der Waals surface area (Å²) < 4.78 is 1.10. The van der Waals surface area contributed by atoms with Crippen molar-refractivity contribution in [3.8, 4) is 0 Å². The van der Waals surface area contributed by atoms with Crippen molar-refractivity contribution in [2.75, 3.05) is 26.2 Å². The quantitative estimate of drug-likeness (QED) is 0.832. The molecule has 5 nitrogen and oxygen atoms in total. The van der Waals surface area contributed by atoms with Crippen LogP contribution in [0.25, 0.3) is 0 Å². The Morgan fingerprint density at radius 2 is 1.52 bits per heavy atom. The van der Waals surface area contributed by atoms with Crippen LogP contribution in [0.15, 0.2) is 28.7 Å². The topological polar surface area (TPSA) is 66.6 Å². The second kappa shape index (κ2) is 8.32. The maximum absolute atomic E-state index is 12.7. The summed E-state index contributed by atoms with van der Waals surface area (Å²) in [5, 5.41) is 0. The van der Waals surface area contributed by atoms with Crippen LogP contribution < -0.4 is 5.73 Å². The van der Waals surface area contributed by atoms with E-state index < -0.39 is 0 Å². The molecule has 0 bridgehead atoms. The van der Waals surface area contributed by atoms with E-state index in [-0.39, 0.29) is 23.7 Å². The summed E-state index contributed by atoms with van der Waals surface area (Å²) in [6.45, 7) is 4.21. The van der Waals surface area contributed by atoms with E-state index >= 15 is 0 Å². The van der Waals surface area contributed by atoms with Crippen LogP contribution in [0.1, 0.15) is 31.2 Å². The number of nitrogens with two attached hydrogens (primary N) is 1. The van der Waals surface area contributed by atoms with Gasteiger partial charge in [-0.3, -0.25) is 14.5 Å². The van der Waals surface area contributed by atoms with Crippen LogP contribution in [0.2, 0.25) is 0 Å². The molecule has 0 aromatic heterocycles. The molecule has 0 radical (unpaired) electrons. The number of halogens is 1. The number of benzene rings is 1. The highest BCUT2D eigenvalue weighted by Crippen LogP contribution is 2.24. The van der Waals surface area contributed by atoms with Gasteiger partial charge in [-0.2, -0.15) is 0 Å². The number of primary amides is 1. The van der Waals surface area contributed by atoms with Crippen molar-refractivity contribution >= 4 is 27.7 Å². The van der Waals surface area contributed by atoms with E-state index in [0.717, 1.165) is 36.9 Å². The predicted octanol–water partition coefficient (Wildman–Crippen LogP) is 2.39. The third kappa shape index (κ3) is 4.82. The lowest BCUT2D eigenvalue weighted by atomic mass is 9.91. The third-order valence-electron chi connectivity index (χ3n) is 5.47. The Morgan fingerprint density at radius 3 is 2.08 bits per heavy atom. The maximum Gasteiger partial charge on any atom is 0.225 e. The molecule has 2 N–H and O–H groups in total. The van der Waals surface area contributed by atoms with E-state index in [4.69, 9.17) is 5.73 Å². The summed E-state index contributed by atoms with van der Waals surface area (Å²) in [6.07, 6.45) is 3.27. The summed E-state index contributed by atoms with van der Waals surface area (Å²) in [7, 11) is 0. The summed E-state index contributed by atoms with van der Waals surface area (Å²) >= 11 is 3.46. The number of carbonyl (C=O) groups excluding carboxylic acids is 2. The Bertz CT molecular complexity index is 604. The molecule has 0 atom stereocenters. The normalized spacial score (nSPS) is 20.6. The predicted molar refractivity (Wildman–Crippen MR) is 101 cm³/mol. The number of hydrogen-bond donors (Lipinski definition) is 1. The minimum absolute atomic E-state index is 0.0585. The Hall–Kier alpha value is -1.40. The number of hydrogen-bond acceptors (Lipinski definition) is 3. The second-order valence-electron chi connectivity index (χ2n) is 7.18. The van der Waals surface area contributed by atoms with Crippen LogP contribution >= 0.6 is 15.9 Å². The Balaban J connectivity index is 1.45. The standard InChI is InChI=1S/C19H26BrN3O2/c20-17-3-1-14(2-4-17)13-22-9-5-16(6-10-22)19(25)23-11-7-15(8-12-23)18(21)24/h1-4,15-16H,5-13H2,(H2,21,24). The van der Waals surface area contributed by atoms with Gasteiger partial charge < -0.3 is 10.6 Å². The molecule has 1 aromatic carbocycles. The molecule has 2 saturated heterocycles. The lowest BCUT2D eigenvalue weighted by Crippen LogP contribution is -2.46. The largest absolute Gasteiger partial charge is 0.369 e. The minimum Gasteiger partial charge on any atom is -0.369 e. The van der Waals surface area contributed by atoms with Gasteiger partial charge in [-0.1, -0.05) is 28.1 Å². The molecule has 0 saturated carbocycles. The average molecular weight is 408 g/mol. The number of amides is 2. The van der Waals surface area contributed by atoms with Crippen molar-refractivity contribution < 1.29 is 9.59 Å². The van der Waals surface area contributed by atoms with Gasteiger partial charge in [-0.25, -0.2) is 0 Å². The molecule has 2 aliphatic rings. The van der Waals surface area contributed by atoms with E-state index in [9.17, 15) is 9.59 Å². The summed E-state index contributed by atoms with van der Waals surface area (Å²) in [5.41, 5.74) is 6.67. The molecule has 2 amide bonds. The van der Waals surface area contributed by atoms with Crippen LogP contribution in [0.5, 0.6) is 0 Å². The van der Waals surface area contributed by atoms with Crippen LogP contribution in [0, 0.1) is 11.8 Å². The first-order chi connectivity index (χ1) is 12.0. The third-order valence-corrected chi connectivity index (χ3v) is 5.99. The Morgan fingerprint density at radius 1 is 0.960 bits per heavy atom. The van der Waals surface area contributed by atoms with Crippen LogP contribution in [0.4, 0.5) is 0 Å². The zero-order valence-corrected chi connectivity index (χ0v) is 16.1. The Kier molecular flexibility index (Phi) is 6.12. The zero-order chi connectivity index (χ0) is 17.8. The van der Waals surface area contributed by atoms with Gasteiger partial charge in [0.15, 0.2) is 0 Å². The SMILES string of the molecule is NC(=O)C1CCN(C(=O)C2CCN(Cc3ccc(Br)cc3)CC2)CC1. The Labute approximate surface area is 157 Å². The van der Waals surface area contributed by atoms with Crippen molar-refractivity contribution in [1.29, 1.82) is 0 Å². The van der Waals surface area contributed by atoms with Crippen molar-refractivity contribution in [3.63, 3.8) is 0 Å². The van der Waals surface area contributed by atoms with Crippen molar-refractivity contribution in [2.45, 2.75) is 32.2 Å². The number of carbonyl (C=O) groups is 2. The van der Waals surface area contributed by atoms with Crippen LogP contribution in [-0.2, 0) is 16.1 Å². The van der Waals surface area contributed by atoms with Gasteiger partial charge in [0.05, 0.1) is 0 Å². The monoisotopic (exact) mass is 407 g/mol. The highest BCUT2D eigenvalue weighted by atomic mass is 79.9. The lowest BCUT2D eigenvalue weighted by Gasteiger charge is -2.36. The first kappa shape index (κ1) is 18.4. The van der Waals surface area contributed by atoms with Gasteiger partial charge in [0.2, 0.25) is 11.8 Å². The van der Waals surface area contributed by atoms with E-state index in [1.165, 1.54) is 5.56 Å². The molecular weight excluding hydrogens is 382 g/mol. The fraction of sp³-hybridized carbons (Fsp3) is 0.579. The van der Waals surface area contributed by atoms with Gasteiger partial charge in [-0.15, -0.1) is 0 Å². The fourth-order valence-corrected chi connectivity index (χ4v) is 4.09. The molecular formula is C19H26BrN3O2. The molecule has 3 rings (SSSR count). The zero-order valence-electron chi connectivity index (χ0n) is 14.5. The molecule has 0 aliphatic carbocycles. The molecule has 2 aliphatic heterocycles. The highest BCUT2D eigenvalue weighted by Gasteiger charge is 2.31. The van der Waals surface area contributed by atoms with Gasteiger partial charge in [0.1, 0.15) is 0 Å². The van der Waals surface area contributed by atoms with Crippen LogP contribution in [-0.4, -0.2) is 47.8 Å². The molecule has 136 valence electrons. The minimum atomic E-state index is -0.228. The summed E-state index contributed by atoms with van der Waals surface area (Å²) in [4.78, 5) is 28.3. The van der Waals surface area contributed by atoms with Gasteiger partial charge in [0, 0.05) is 35.9 Å². The van der Waals surface area contributed by atoms with E-state index in [2.05, 4.69) is 45.1 Å². The first-order valence-electron chi connectivity index (χ1n) is 9.08. The van der Waals surface area contributed by atoms with Crippen LogP contribution in [0.3, 0.4) is 0 Å². The second-order valence-corrected chi connectivity index (χ2v) is 8.09. The van der Waals surface area contributed by atoms with Gasteiger partial charge in [0.25, 0.3) is 0 Å². The molecule has 1 aromatic rings. The number of piperidine rings is 2. The number of likely N-dealkylation sites (tertiary alicyclic amines) is 2. The van der Waals surface area contributed by atoms with Gasteiger partial charge in [-0.05, 0) is 56.5 Å². The fourth-order valence-electron chi connectivity index (χ4n) is 3.83. The highest BCUT2D eigenvalue weighted by molar-refractivity contribution is 9.10. The van der Waals surface area contributed by atoms with Crippen molar-refractivity contribution in [2.24, 2.45) is 17.6 Å². The van der Waals surface area contributed by atoms with Crippen molar-refractivity contribution in [1.82, 2.24) is 9.80 Å². The molecule has 25 heavy (non-hydrogen) atoms. The molecule has 0 unspecified atom stereocenters. The van der Waals surface area contributed by atoms with E-state index in [0.29, 0.717) is 25.9 Å². The lowest BCUT2D eigenvalue weighted by molar-refractivity contribution is -0.140. The first-order valence-corrected chi connectivity index (χ1v) is 9.87.